The Balaban J connectivity index is 1.30. The van der Waals surface area contributed by atoms with E-state index in [1.165, 1.54) is 0 Å². The first kappa shape index (κ1) is 22.0. The van der Waals surface area contributed by atoms with E-state index in [1.807, 2.05) is 36.2 Å². The molecular weight excluding hydrogens is 424 g/mol. The van der Waals surface area contributed by atoms with Crippen LogP contribution < -0.4 is 10.6 Å². The number of hydrogen-bond acceptors (Lipinski definition) is 7. The SMILES string of the molecule is Cc1cnc(Nc2cccc(C3CN(CC(=O)NC4CCC(F)(F)CC4)CCO3)n2)s1. The molecule has 0 spiro atoms. The summed E-state index contributed by atoms with van der Waals surface area (Å²) >= 11 is 1.56. The summed E-state index contributed by atoms with van der Waals surface area (Å²) < 4.78 is 32.5. The van der Waals surface area contributed by atoms with Crippen molar-refractivity contribution in [1.82, 2.24) is 20.2 Å². The minimum Gasteiger partial charge on any atom is -0.369 e. The number of hydrogen-bond donors (Lipinski definition) is 2. The molecule has 168 valence electrons. The van der Waals surface area contributed by atoms with E-state index in [-0.39, 0.29) is 37.4 Å². The molecule has 2 aromatic heterocycles. The molecule has 4 rings (SSSR count). The number of aromatic nitrogens is 2. The Morgan fingerprint density at radius 2 is 2.16 bits per heavy atom. The smallest absolute Gasteiger partial charge is 0.248 e. The van der Waals surface area contributed by atoms with Gasteiger partial charge in [-0.1, -0.05) is 6.07 Å². The van der Waals surface area contributed by atoms with E-state index in [2.05, 4.69) is 20.6 Å². The number of anilines is 2. The number of morpholine rings is 1. The summed E-state index contributed by atoms with van der Waals surface area (Å²) in [6.45, 7) is 3.91. The molecule has 1 amide bonds. The fourth-order valence-electron chi connectivity index (χ4n) is 3.91. The molecule has 1 atom stereocenters. The molecule has 0 aromatic carbocycles. The van der Waals surface area contributed by atoms with E-state index < -0.39 is 5.92 Å². The molecule has 2 N–H and O–H groups in total. The lowest BCUT2D eigenvalue weighted by Crippen LogP contribution is -2.47. The number of pyridine rings is 1. The van der Waals surface area contributed by atoms with Gasteiger partial charge in [0.25, 0.3) is 0 Å². The number of rotatable bonds is 6. The number of halogens is 2. The first-order valence-corrected chi connectivity index (χ1v) is 11.4. The van der Waals surface area contributed by atoms with Crippen molar-refractivity contribution in [2.75, 3.05) is 31.6 Å². The molecule has 1 saturated heterocycles. The maximum atomic E-state index is 13.3. The second-order valence-electron chi connectivity index (χ2n) is 8.14. The highest BCUT2D eigenvalue weighted by molar-refractivity contribution is 7.15. The van der Waals surface area contributed by atoms with Gasteiger partial charge in [0.15, 0.2) is 5.13 Å². The maximum Gasteiger partial charge on any atom is 0.248 e. The van der Waals surface area contributed by atoms with Crippen LogP contribution in [0, 0.1) is 6.92 Å². The molecule has 1 unspecified atom stereocenters. The lowest BCUT2D eigenvalue weighted by Gasteiger charge is -2.33. The van der Waals surface area contributed by atoms with Crippen molar-refractivity contribution < 1.29 is 18.3 Å². The van der Waals surface area contributed by atoms with Gasteiger partial charge in [0.05, 0.1) is 18.8 Å². The van der Waals surface area contributed by atoms with Crippen LogP contribution in [0.4, 0.5) is 19.7 Å². The number of nitrogens with zero attached hydrogens (tertiary/aromatic N) is 3. The van der Waals surface area contributed by atoms with Gasteiger partial charge >= 0.3 is 0 Å². The number of ether oxygens (including phenoxy) is 1. The molecule has 1 saturated carbocycles. The quantitative estimate of drug-likeness (QED) is 0.698. The molecule has 0 radical (unpaired) electrons. The van der Waals surface area contributed by atoms with Crippen LogP contribution in [-0.4, -0.2) is 59.0 Å². The van der Waals surface area contributed by atoms with Crippen LogP contribution in [0.3, 0.4) is 0 Å². The lowest BCUT2D eigenvalue weighted by molar-refractivity contribution is -0.126. The highest BCUT2D eigenvalue weighted by Gasteiger charge is 2.35. The molecular formula is C21H27F2N5O2S. The number of nitrogens with one attached hydrogen (secondary N) is 2. The molecule has 10 heteroatoms. The third kappa shape index (κ3) is 6.18. The largest absolute Gasteiger partial charge is 0.369 e. The van der Waals surface area contributed by atoms with E-state index in [9.17, 15) is 13.6 Å². The van der Waals surface area contributed by atoms with Gasteiger partial charge in [0.2, 0.25) is 11.8 Å². The minimum absolute atomic E-state index is 0.126. The van der Waals surface area contributed by atoms with E-state index in [4.69, 9.17) is 4.74 Å². The van der Waals surface area contributed by atoms with Crippen molar-refractivity contribution in [3.8, 4) is 0 Å². The molecule has 31 heavy (non-hydrogen) atoms. The predicted octanol–water partition coefficient (Wildman–Crippen LogP) is 3.66. The van der Waals surface area contributed by atoms with Gasteiger partial charge in [-0.15, -0.1) is 11.3 Å². The average molecular weight is 452 g/mol. The fraction of sp³-hybridized carbons (Fsp3) is 0.571. The summed E-state index contributed by atoms with van der Waals surface area (Å²) in [5, 5.41) is 6.90. The van der Waals surface area contributed by atoms with Crippen molar-refractivity contribution in [2.45, 2.75) is 50.7 Å². The van der Waals surface area contributed by atoms with Gasteiger partial charge in [-0.2, -0.15) is 0 Å². The van der Waals surface area contributed by atoms with Crippen molar-refractivity contribution in [3.05, 3.63) is 35.0 Å². The Hall–Kier alpha value is -2.17. The van der Waals surface area contributed by atoms with Gasteiger partial charge in [0.1, 0.15) is 11.9 Å². The molecule has 1 aliphatic carbocycles. The summed E-state index contributed by atoms with van der Waals surface area (Å²) in [4.78, 5) is 24.5. The van der Waals surface area contributed by atoms with E-state index >= 15 is 0 Å². The van der Waals surface area contributed by atoms with Gasteiger partial charge in [-0.05, 0) is 31.9 Å². The highest BCUT2D eigenvalue weighted by Crippen LogP contribution is 2.33. The summed E-state index contributed by atoms with van der Waals surface area (Å²) in [5.74, 6) is -2.02. The van der Waals surface area contributed by atoms with Gasteiger partial charge < -0.3 is 15.4 Å². The third-order valence-electron chi connectivity index (χ3n) is 5.56. The first-order valence-electron chi connectivity index (χ1n) is 10.5. The first-order chi connectivity index (χ1) is 14.9. The van der Waals surface area contributed by atoms with E-state index in [1.54, 1.807) is 11.3 Å². The normalized spacial score (nSPS) is 22.2. The van der Waals surface area contributed by atoms with Gasteiger partial charge in [-0.25, -0.2) is 18.7 Å². The van der Waals surface area contributed by atoms with Crippen LogP contribution in [0.5, 0.6) is 0 Å². The Morgan fingerprint density at radius 1 is 1.35 bits per heavy atom. The lowest BCUT2D eigenvalue weighted by atomic mass is 9.92. The monoisotopic (exact) mass is 451 g/mol. The Bertz CT molecular complexity index is 899. The van der Waals surface area contributed by atoms with Crippen LogP contribution in [-0.2, 0) is 9.53 Å². The van der Waals surface area contributed by atoms with Gasteiger partial charge in [0, 0.05) is 43.0 Å². The number of carbonyl (C=O) groups excluding carboxylic acids is 1. The topological polar surface area (TPSA) is 79.4 Å². The minimum atomic E-state index is -2.59. The van der Waals surface area contributed by atoms with Crippen molar-refractivity contribution in [3.63, 3.8) is 0 Å². The van der Waals surface area contributed by atoms with Gasteiger partial charge in [-0.3, -0.25) is 9.69 Å². The van der Waals surface area contributed by atoms with Crippen molar-refractivity contribution in [2.24, 2.45) is 0 Å². The Morgan fingerprint density at radius 3 is 2.90 bits per heavy atom. The zero-order chi connectivity index (χ0) is 21.8. The third-order valence-corrected chi connectivity index (χ3v) is 6.39. The Kier molecular flexibility index (Phi) is 6.78. The summed E-state index contributed by atoms with van der Waals surface area (Å²) in [5.41, 5.74) is 0.790. The second-order valence-corrected chi connectivity index (χ2v) is 9.38. The fourth-order valence-corrected chi connectivity index (χ4v) is 4.58. The van der Waals surface area contributed by atoms with Crippen molar-refractivity contribution in [1.29, 1.82) is 0 Å². The maximum absolute atomic E-state index is 13.3. The number of amides is 1. The molecule has 3 heterocycles. The van der Waals surface area contributed by atoms with Crippen molar-refractivity contribution >= 4 is 28.2 Å². The molecule has 0 bridgehead atoms. The molecule has 2 fully saturated rings. The second kappa shape index (κ2) is 9.54. The average Bonchev–Trinajstić information content (AvgIpc) is 3.14. The predicted molar refractivity (Wildman–Crippen MR) is 115 cm³/mol. The number of carbonyl (C=O) groups is 1. The van der Waals surface area contributed by atoms with Crippen LogP contribution in [0.1, 0.15) is 42.4 Å². The highest BCUT2D eigenvalue weighted by atomic mass is 32.1. The summed E-state index contributed by atoms with van der Waals surface area (Å²) in [6.07, 6.45) is 1.90. The van der Waals surface area contributed by atoms with Crippen LogP contribution >= 0.6 is 11.3 Å². The van der Waals surface area contributed by atoms with Crippen LogP contribution in [0.2, 0.25) is 0 Å². The number of alkyl halides is 2. The molecule has 1 aliphatic heterocycles. The molecule has 7 nitrogen and oxygen atoms in total. The standard InChI is InChI=1S/C21H27F2N5O2S/c1-14-11-24-20(31-14)27-18-4-2-3-16(26-18)17-12-28(9-10-30-17)13-19(29)25-15-5-7-21(22,23)8-6-15/h2-4,11,15,17H,5-10,12-13H2,1H3,(H,25,29)(H,24,26,27). The van der Waals surface area contributed by atoms with E-state index in [0.29, 0.717) is 38.4 Å². The number of thiazole rings is 1. The van der Waals surface area contributed by atoms with E-state index in [0.717, 1.165) is 15.7 Å². The Labute approximate surface area is 184 Å². The molecule has 2 aromatic rings. The molecule has 2 aliphatic rings. The van der Waals surface area contributed by atoms with Crippen LogP contribution in [0.25, 0.3) is 0 Å². The van der Waals surface area contributed by atoms with Crippen LogP contribution in [0.15, 0.2) is 24.4 Å². The zero-order valence-corrected chi connectivity index (χ0v) is 18.3. The number of aryl methyl sites for hydroxylation is 1. The summed E-state index contributed by atoms with van der Waals surface area (Å²) in [6, 6.07) is 5.54. The zero-order valence-electron chi connectivity index (χ0n) is 17.4. The summed E-state index contributed by atoms with van der Waals surface area (Å²) in [7, 11) is 0.